The Morgan fingerprint density at radius 3 is 2.06 bits per heavy atom. The summed E-state index contributed by atoms with van der Waals surface area (Å²) in [5.41, 5.74) is 0. The molecule has 0 fully saturated rings. The molecule has 96 valence electrons. The Hall–Kier alpha value is -0.650. The SMILES string of the molecule is CNCCCOCCOCCCNC(C)=O. The van der Waals surface area contributed by atoms with E-state index in [2.05, 4.69) is 10.6 Å². The predicted molar refractivity (Wildman–Crippen MR) is 63.5 cm³/mol. The molecule has 0 heterocycles. The molecule has 0 saturated carbocycles. The fourth-order valence-corrected chi connectivity index (χ4v) is 1.11. The van der Waals surface area contributed by atoms with Crippen LogP contribution in [0.25, 0.3) is 0 Å². The molecule has 5 heteroatoms. The number of carbonyl (C=O) groups is 1. The molecule has 0 aromatic carbocycles. The molecule has 0 aromatic rings. The Balaban J connectivity index is 2.90. The van der Waals surface area contributed by atoms with E-state index in [-0.39, 0.29) is 5.91 Å². The Morgan fingerprint density at radius 1 is 1.00 bits per heavy atom. The first-order valence-electron chi connectivity index (χ1n) is 5.82. The maximum Gasteiger partial charge on any atom is 0.216 e. The summed E-state index contributed by atoms with van der Waals surface area (Å²) in [6.07, 6.45) is 1.87. The minimum Gasteiger partial charge on any atom is -0.379 e. The highest BCUT2D eigenvalue weighted by Gasteiger charge is 1.92. The third-order valence-electron chi connectivity index (χ3n) is 1.93. The highest BCUT2D eigenvalue weighted by atomic mass is 16.5. The van der Waals surface area contributed by atoms with Gasteiger partial charge >= 0.3 is 0 Å². The van der Waals surface area contributed by atoms with Crippen LogP contribution in [0.1, 0.15) is 19.8 Å². The van der Waals surface area contributed by atoms with Crippen LogP contribution in [-0.2, 0) is 14.3 Å². The summed E-state index contributed by atoms with van der Waals surface area (Å²) in [7, 11) is 1.93. The maximum atomic E-state index is 10.5. The number of carbonyl (C=O) groups excluding carboxylic acids is 1. The van der Waals surface area contributed by atoms with Crippen LogP contribution in [0.4, 0.5) is 0 Å². The fraction of sp³-hybridized carbons (Fsp3) is 0.909. The lowest BCUT2D eigenvalue weighted by Crippen LogP contribution is -2.22. The van der Waals surface area contributed by atoms with Crippen LogP contribution in [0.3, 0.4) is 0 Å². The van der Waals surface area contributed by atoms with Crippen molar-refractivity contribution in [2.75, 3.05) is 46.6 Å². The molecule has 0 atom stereocenters. The van der Waals surface area contributed by atoms with E-state index in [0.29, 0.717) is 26.4 Å². The predicted octanol–water partition coefficient (Wildman–Crippen LogP) is 0.155. The minimum atomic E-state index is 0.00728. The van der Waals surface area contributed by atoms with Gasteiger partial charge in [0.1, 0.15) is 0 Å². The summed E-state index contributed by atoms with van der Waals surface area (Å²) >= 11 is 0. The second-order valence-electron chi connectivity index (χ2n) is 3.52. The summed E-state index contributed by atoms with van der Waals surface area (Å²) in [5.74, 6) is 0.00728. The lowest BCUT2D eigenvalue weighted by Gasteiger charge is -2.06. The van der Waals surface area contributed by atoms with Crippen molar-refractivity contribution in [2.24, 2.45) is 0 Å². The third kappa shape index (κ3) is 13.4. The van der Waals surface area contributed by atoms with Gasteiger partial charge in [0.25, 0.3) is 0 Å². The van der Waals surface area contributed by atoms with Crippen molar-refractivity contribution < 1.29 is 14.3 Å². The van der Waals surface area contributed by atoms with Crippen molar-refractivity contribution in [2.45, 2.75) is 19.8 Å². The van der Waals surface area contributed by atoms with E-state index in [4.69, 9.17) is 9.47 Å². The average Bonchev–Trinajstić information content (AvgIpc) is 2.25. The quantitative estimate of drug-likeness (QED) is 0.498. The van der Waals surface area contributed by atoms with Crippen molar-refractivity contribution in [1.29, 1.82) is 0 Å². The second-order valence-corrected chi connectivity index (χ2v) is 3.52. The molecule has 0 radical (unpaired) electrons. The first kappa shape index (κ1) is 15.3. The molecular formula is C11H24N2O3. The van der Waals surface area contributed by atoms with Gasteiger partial charge in [-0.05, 0) is 26.4 Å². The summed E-state index contributed by atoms with van der Waals surface area (Å²) < 4.78 is 10.7. The third-order valence-corrected chi connectivity index (χ3v) is 1.93. The normalized spacial score (nSPS) is 10.4. The monoisotopic (exact) mass is 232 g/mol. The first-order valence-corrected chi connectivity index (χ1v) is 5.82. The lowest BCUT2D eigenvalue weighted by atomic mass is 10.4. The van der Waals surface area contributed by atoms with Crippen LogP contribution in [0, 0.1) is 0 Å². The minimum absolute atomic E-state index is 0.00728. The molecule has 0 saturated heterocycles. The number of rotatable bonds is 11. The highest BCUT2D eigenvalue weighted by Crippen LogP contribution is 1.84. The molecule has 1 amide bonds. The maximum absolute atomic E-state index is 10.5. The van der Waals surface area contributed by atoms with E-state index in [9.17, 15) is 4.79 Å². The van der Waals surface area contributed by atoms with Crippen molar-refractivity contribution >= 4 is 5.91 Å². The molecule has 5 nitrogen and oxygen atoms in total. The van der Waals surface area contributed by atoms with E-state index >= 15 is 0 Å². The summed E-state index contributed by atoms with van der Waals surface area (Å²) in [5, 5.41) is 5.77. The van der Waals surface area contributed by atoms with Gasteiger partial charge in [-0.15, -0.1) is 0 Å². The van der Waals surface area contributed by atoms with Crippen LogP contribution >= 0.6 is 0 Å². The molecule has 0 spiro atoms. The van der Waals surface area contributed by atoms with Gasteiger partial charge in [-0.25, -0.2) is 0 Å². The first-order chi connectivity index (χ1) is 7.77. The van der Waals surface area contributed by atoms with Gasteiger partial charge in [0.05, 0.1) is 13.2 Å². The van der Waals surface area contributed by atoms with Crippen LogP contribution < -0.4 is 10.6 Å². The van der Waals surface area contributed by atoms with Crippen molar-refractivity contribution in [3.8, 4) is 0 Å². The van der Waals surface area contributed by atoms with Gasteiger partial charge in [0, 0.05) is 26.7 Å². The molecule has 0 aromatic heterocycles. The summed E-state index contributed by atoms with van der Waals surface area (Å²) in [6, 6.07) is 0. The molecule has 0 aliphatic carbocycles. The van der Waals surface area contributed by atoms with Crippen molar-refractivity contribution in [3.05, 3.63) is 0 Å². The van der Waals surface area contributed by atoms with E-state index in [1.807, 2.05) is 7.05 Å². The Bertz CT molecular complexity index is 165. The largest absolute Gasteiger partial charge is 0.379 e. The van der Waals surface area contributed by atoms with Gasteiger partial charge in [-0.1, -0.05) is 0 Å². The molecule has 0 unspecified atom stereocenters. The highest BCUT2D eigenvalue weighted by molar-refractivity contribution is 5.72. The van der Waals surface area contributed by atoms with Crippen LogP contribution in [0.15, 0.2) is 0 Å². The number of hydrogen-bond donors (Lipinski definition) is 2. The number of amides is 1. The zero-order valence-corrected chi connectivity index (χ0v) is 10.4. The summed E-state index contributed by atoms with van der Waals surface area (Å²) in [6.45, 7) is 5.88. The fourth-order valence-electron chi connectivity index (χ4n) is 1.11. The molecule has 16 heavy (non-hydrogen) atoms. The van der Waals surface area contributed by atoms with Gasteiger partial charge in [-0.3, -0.25) is 4.79 Å². The molecule has 0 bridgehead atoms. The standard InChI is InChI=1S/C11H24N2O3/c1-11(14)13-6-4-8-16-10-9-15-7-3-5-12-2/h12H,3-10H2,1-2H3,(H,13,14). The van der Waals surface area contributed by atoms with E-state index in [1.54, 1.807) is 0 Å². The van der Waals surface area contributed by atoms with Gasteiger partial charge in [0.2, 0.25) is 5.91 Å². The Labute approximate surface area is 97.9 Å². The Morgan fingerprint density at radius 2 is 1.56 bits per heavy atom. The topological polar surface area (TPSA) is 59.6 Å². The van der Waals surface area contributed by atoms with E-state index < -0.39 is 0 Å². The molecule has 2 N–H and O–H groups in total. The van der Waals surface area contributed by atoms with E-state index in [1.165, 1.54) is 6.92 Å². The molecule has 0 rings (SSSR count). The number of ether oxygens (including phenoxy) is 2. The number of hydrogen-bond acceptors (Lipinski definition) is 4. The second kappa shape index (κ2) is 12.4. The van der Waals surface area contributed by atoms with Crippen molar-refractivity contribution in [3.63, 3.8) is 0 Å². The van der Waals surface area contributed by atoms with Crippen LogP contribution in [0.5, 0.6) is 0 Å². The zero-order chi connectivity index (χ0) is 12.1. The average molecular weight is 232 g/mol. The van der Waals surface area contributed by atoms with Gasteiger partial charge < -0.3 is 20.1 Å². The van der Waals surface area contributed by atoms with E-state index in [0.717, 1.165) is 26.0 Å². The van der Waals surface area contributed by atoms with Crippen LogP contribution in [0.2, 0.25) is 0 Å². The van der Waals surface area contributed by atoms with Gasteiger partial charge in [-0.2, -0.15) is 0 Å². The summed E-state index contributed by atoms with van der Waals surface area (Å²) in [4.78, 5) is 10.5. The molecule has 0 aliphatic rings. The lowest BCUT2D eigenvalue weighted by molar-refractivity contribution is -0.119. The Kier molecular flexibility index (Phi) is 11.9. The molecule has 0 aliphatic heterocycles. The molecular weight excluding hydrogens is 208 g/mol. The zero-order valence-electron chi connectivity index (χ0n) is 10.4. The van der Waals surface area contributed by atoms with Gasteiger partial charge in [0.15, 0.2) is 0 Å². The van der Waals surface area contributed by atoms with Crippen molar-refractivity contribution in [1.82, 2.24) is 10.6 Å². The number of nitrogens with one attached hydrogen (secondary N) is 2. The van der Waals surface area contributed by atoms with Crippen LogP contribution in [-0.4, -0.2) is 52.5 Å². The smallest absolute Gasteiger partial charge is 0.216 e.